The van der Waals surface area contributed by atoms with E-state index in [4.69, 9.17) is 10.5 Å². The fourth-order valence-corrected chi connectivity index (χ4v) is 2.62. The lowest BCUT2D eigenvalue weighted by Crippen LogP contribution is -2.60. The van der Waals surface area contributed by atoms with E-state index in [0.29, 0.717) is 11.4 Å². The lowest BCUT2D eigenvalue weighted by Gasteiger charge is -2.42. The molecule has 26 heavy (non-hydrogen) atoms. The summed E-state index contributed by atoms with van der Waals surface area (Å²) in [4.78, 5) is 49.1. The first kappa shape index (κ1) is 19.2. The van der Waals surface area contributed by atoms with Gasteiger partial charge in [0.05, 0.1) is 17.8 Å². The fraction of sp³-hybridized carbons (Fsp3) is 0.412. The van der Waals surface area contributed by atoms with E-state index < -0.39 is 29.6 Å². The van der Waals surface area contributed by atoms with Crippen molar-refractivity contribution in [1.82, 2.24) is 5.32 Å². The van der Waals surface area contributed by atoms with Gasteiger partial charge in [-0.3, -0.25) is 19.3 Å². The smallest absolute Gasteiger partial charge is 0.312 e. The van der Waals surface area contributed by atoms with Gasteiger partial charge in [0.15, 0.2) is 6.10 Å². The van der Waals surface area contributed by atoms with E-state index in [1.54, 1.807) is 38.1 Å². The van der Waals surface area contributed by atoms with Gasteiger partial charge in [0.2, 0.25) is 5.91 Å². The summed E-state index contributed by atoms with van der Waals surface area (Å²) in [6.45, 7) is 4.67. The second kappa shape index (κ2) is 7.42. The highest BCUT2D eigenvalue weighted by atomic mass is 16.5. The number of carbonyl (C=O) groups excluding carboxylic acids is 4. The molecule has 9 nitrogen and oxygen atoms in total. The second-order valence-corrected chi connectivity index (χ2v) is 6.38. The highest BCUT2D eigenvalue weighted by Gasteiger charge is 2.45. The van der Waals surface area contributed by atoms with Gasteiger partial charge < -0.3 is 21.1 Å². The highest BCUT2D eigenvalue weighted by molar-refractivity contribution is 6.15. The summed E-state index contributed by atoms with van der Waals surface area (Å²) < 4.78 is 5.14. The van der Waals surface area contributed by atoms with Gasteiger partial charge in [-0.15, -0.1) is 0 Å². The van der Waals surface area contributed by atoms with E-state index in [1.807, 2.05) is 0 Å². The number of ether oxygens (including phenoxy) is 1. The summed E-state index contributed by atoms with van der Waals surface area (Å²) in [5, 5.41) is 5.02. The Hall–Kier alpha value is -3.10. The number of hydrogen-bond acceptors (Lipinski definition) is 5. The Morgan fingerprint density at radius 1 is 1.31 bits per heavy atom. The number of esters is 1. The van der Waals surface area contributed by atoms with Gasteiger partial charge in [-0.2, -0.15) is 0 Å². The fourth-order valence-electron chi connectivity index (χ4n) is 2.62. The molecule has 0 unspecified atom stereocenters. The Labute approximate surface area is 150 Å². The number of primary amides is 1. The zero-order valence-electron chi connectivity index (χ0n) is 14.9. The average molecular weight is 362 g/mol. The van der Waals surface area contributed by atoms with E-state index in [-0.39, 0.29) is 18.9 Å². The number of hydrogen-bond donors (Lipinski definition) is 3. The van der Waals surface area contributed by atoms with E-state index in [9.17, 15) is 19.2 Å². The summed E-state index contributed by atoms with van der Waals surface area (Å²) in [5.74, 6) is -1.52. The van der Waals surface area contributed by atoms with E-state index in [2.05, 4.69) is 10.6 Å². The second-order valence-electron chi connectivity index (χ2n) is 6.38. The molecule has 0 radical (unpaired) electrons. The van der Waals surface area contributed by atoms with Crippen molar-refractivity contribution >= 4 is 35.2 Å². The number of nitrogens with zero attached hydrogens (tertiary/aromatic N) is 1. The monoisotopic (exact) mass is 362 g/mol. The molecule has 2 rings (SSSR count). The number of rotatable bonds is 5. The first-order chi connectivity index (χ1) is 12.1. The minimum absolute atomic E-state index is 0.00945. The topological polar surface area (TPSA) is 131 Å². The van der Waals surface area contributed by atoms with E-state index in [1.165, 1.54) is 11.8 Å². The van der Waals surface area contributed by atoms with Crippen molar-refractivity contribution in [2.24, 2.45) is 5.73 Å². The van der Waals surface area contributed by atoms with Crippen LogP contribution in [0.15, 0.2) is 24.3 Å². The predicted octanol–water partition coefficient (Wildman–Crippen LogP) is 0.740. The van der Waals surface area contributed by atoms with Crippen LogP contribution in [0.3, 0.4) is 0 Å². The molecular weight excluding hydrogens is 340 g/mol. The van der Waals surface area contributed by atoms with Crippen molar-refractivity contribution in [3.63, 3.8) is 0 Å². The molecule has 4 N–H and O–H groups in total. The minimum Gasteiger partial charge on any atom is -0.452 e. The zero-order chi connectivity index (χ0) is 19.5. The molecule has 0 aliphatic carbocycles. The van der Waals surface area contributed by atoms with Crippen LogP contribution in [0.5, 0.6) is 0 Å². The van der Waals surface area contributed by atoms with Gasteiger partial charge in [-0.05, 0) is 32.9 Å². The molecule has 0 bridgehead atoms. The molecule has 0 saturated heterocycles. The third-order valence-corrected chi connectivity index (χ3v) is 4.01. The minimum atomic E-state index is -1.15. The molecule has 4 amide bonds. The van der Waals surface area contributed by atoms with Crippen LogP contribution in [0.2, 0.25) is 0 Å². The summed E-state index contributed by atoms with van der Waals surface area (Å²) in [7, 11) is 0. The number of para-hydroxylation sites is 2. The quantitative estimate of drug-likeness (QED) is 0.665. The molecular formula is C17H22N4O5. The normalized spacial score (nSPS) is 16.1. The number of benzene rings is 1. The largest absolute Gasteiger partial charge is 0.452 e. The highest BCUT2D eigenvalue weighted by Crippen LogP contribution is 2.37. The Balaban J connectivity index is 2.15. The molecule has 9 heteroatoms. The van der Waals surface area contributed by atoms with Crippen LogP contribution < -0.4 is 21.3 Å². The van der Waals surface area contributed by atoms with Gasteiger partial charge in [-0.25, -0.2) is 4.79 Å². The van der Waals surface area contributed by atoms with Crippen molar-refractivity contribution in [1.29, 1.82) is 0 Å². The predicted molar refractivity (Wildman–Crippen MR) is 94.4 cm³/mol. The number of urea groups is 1. The average Bonchev–Trinajstić information content (AvgIpc) is 2.55. The summed E-state index contributed by atoms with van der Waals surface area (Å²) in [6.07, 6.45) is -1.23. The molecule has 1 heterocycles. The number of nitrogens with one attached hydrogen (secondary N) is 2. The molecule has 0 aromatic heterocycles. The lowest BCUT2D eigenvalue weighted by molar-refractivity contribution is -0.154. The third kappa shape index (κ3) is 3.93. The van der Waals surface area contributed by atoms with Gasteiger partial charge in [0.25, 0.3) is 5.91 Å². The zero-order valence-corrected chi connectivity index (χ0v) is 14.9. The maximum atomic E-state index is 12.9. The Morgan fingerprint density at radius 2 is 1.96 bits per heavy atom. The van der Waals surface area contributed by atoms with Crippen LogP contribution >= 0.6 is 0 Å². The molecule has 0 fully saturated rings. The number of fused-ring (bicyclic) bond motifs is 1. The van der Waals surface area contributed by atoms with Crippen LogP contribution in [-0.4, -0.2) is 42.0 Å². The van der Waals surface area contributed by atoms with Crippen molar-refractivity contribution in [3.05, 3.63) is 24.3 Å². The van der Waals surface area contributed by atoms with Crippen molar-refractivity contribution in [2.45, 2.75) is 38.8 Å². The van der Waals surface area contributed by atoms with E-state index >= 15 is 0 Å². The Morgan fingerprint density at radius 3 is 2.62 bits per heavy atom. The molecule has 140 valence electrons. The number of amides is 4. The maximum absolute atomic E-state index is 12.9. The summed E-state index contributed by atoms with van der Waals surface area (Å²) in [6, 6.07) is 6.14. The van der Waals surface area contributed by atoms with Crippen molar-refractivity contribution in [3.8, 4) is 0 Å². The third-order valence-electron chi connectivity index (χ3n) is 4.01. The molecule has 0 spiro atoms. The number of nitrogens with two attached hydrogens (primary N) is 1. The van der Waals surface area contributed by atoms with Crippen LogP contribution in [0.4, 0.5) is 16.2 Å². The Bertz CT molecular complexity index is 746. The first-order valence-electron chi connectivity index (χ1n) is 8.12. The number of carbonyl (C=O) groups is 4. The summed E-state index contributed by atoms with van der Waals surface area (Å²) >= 11 is 0. The molecule has 1 aliphatic rings. The molecule has 1 aromatic carbocycles. The molecule has 0 saturated carbocycles. The molecule has 1 atom stereocenters. The summed E-state index contributed by atoms with van der Waals surface area (Å²) in [5.41, 5.74) is 4.80. The molecule has 1 aromatic rings. The standard InChI is InChI=1S/C17H22N4O5/c1-10(26-13(22)8-9-19-16(18)25)14(23)21-12-7-5-4-6-11(12)20-15(24)17(21,2)3/h4-7,10H,8-9H2,1-3H3,(H,20,24)(H3,18,19,25)/t10-/m0/s1. The van der Waals surface area contributed by atoms with Gasteiger partial charge in [0, 0.05) is 6.54 Å². The first-order valence-corrected chi connectivity index (χ1v) is 8.12. The van der Waals surface area contributed by atoms with Gasteiger partial charge in [-0.1, -0.05) is 12.1 Å². The van der Waals surface area contributed by atoms with Crippen LogP contribution in [0, 0.1) is 0 Å². The maximum Gasteiger partial charge on any atom is 0.312 e. The van der Waals surface area contributed by atoms with Gasteiger partial charge >= 0.3 is 12.0 Å². The number of anilines is 2. The van der Waals surface area contributed by atoms with Crippen molar-refractivity contribution in [2.75, 3.05) is 16.8 Å². The lowest BCUT2D eigenvalue weighted by atomic mass is 9.95. The Kier molecular flexibility index (Phi) is 5.49. The van der Waals surface area contributed by atoms with Crippen LogP contribution in [-0.2, 0) is 19.1 Å². The molecule has 1 aliphatic heterocycles. The van der Waals surface area contributed by atoms with Crippen LogP contribution in [0.1, 0.15) is 27.2 Å². The van der Waals surface area contributed by atoms with E-state index in [0.717, 1.165) is 0 Å². The van der Waals surface area contributed by atoms with Gasteiger partial charge in [0.1, 0.15) is 5.54 Å². The SMILES string of the molecule is C[C@H](OC(=O)CCNC(N)=O)C(=O)N1c2ccccc2NC(=O)C1(C)C. The van der Waals surface area contributed by atoms with Crippen molar-refractivity contribution < 1.29 is 23.9 Å². The van der Waals surface area contributed by atoms with Crippen LogP contribution in [0.25, 0.3) is 0 Å².